The number of aliphatic imine (C=N–C) groups is 1. The van der Waals surface area contributed by atoms with Crippen LogP contribution in [0.5, 0.6) is 5.75 Å². The van der Waals surface area contributed by atoms with Crippen molar-refractivity contribution in [2.75, 3.05) is 20.2 Å². The Morgan fingerprint density at radius 3 is 2.85 bits per heavy atom. The molecule has 1 unspecified atom stereocenters. The highest BCUT2D eigenvalue weighted by atomic mass is 32.2. The second-order valence-electron chi connectivity index (χ2n) is 8.58. The Labute approximate surface area is 195 Å². The molecule has 1 saturated heterocycles. The van der Waals surface area contributed by atoms with Crippen LogP contribution in [0.15, 0.2) is 58.4 Å². The number of amides is 1. The first kappa shape index (κ1) is 23.3. The number of hydrogen-bond acceptors (Lipinski definition) is 5. The smallest absolute Gasteiger partial charge is 0.263 e. The van der Waals surface area contributed by atoms with Crippen molar-refractivity contribution in [1.29, 1.82) is 0 Å². The monoisotopic (exact) mass is 469 g/mol. The number of amidine groups is 1. The van der Waals surface area contributed by atoms with Gasteiger partial charge in [0.2, 0.25) is 5.91 Å². The Balaban J connectivity index is 1.21. The van der Waals surface area contributed by atoms with Gasteiger partial charge in [-0.3, -0.25) is 14.5 Å². The molecule has 0 aliphatic carbocycles. The van der Waals surface area contributed by atoms with Crippen LogP contribution in [0.25, 0.3) is 0 Å². The van der Waals surface area contributed by atoms with E-state index in [1.54, 1.807) is 25.3 Å². The fraction of sp³-hybridized carbons (Fsp3) is 0.440. The number of methoxy groups -OCH3 is 1. The highest BCUT2D eigenvalue weighted by Crippen LogP contribution is 2.25. The number of nitrogens with one attached hydrogen (secondary N) is 1. The average Bonchev–Trinajstić information content (AvgIpc) is 3.38. The zero-order chi connectivity index (χ0) is 23.3. The summed E-state index contributed by atoms with van der Waals surface area (Å²) in [6.45, 7) is 1.36. The van der Waals surface area contributed by atoms with E-state index in [-0.39, 0.29) is 16.8 Å². The Morgan fingerprint density at radius 1 is 1.15 bits per heavy atom. The number of sulfonamides is 1. The van der Waals surface area contributed by atoms with Crippen LogP contribution in [0.3, 0.4) is 0 Å². The van der Waals surface area contributed by atoms with Crippen molar-refractivity contribution in [2.24, 2.45) is 4.99 Å². The minimum absolute atomic E-state index is 0.226. The third-order valence-corrected chi connectivity index (χ3v) is 7.68. The molecule has 176 valence electrons. The highest BCUT2D eigenvalue weighted by molar-refractivity contribution is 7.90. The molecular formula is C25H31N3O4S. The van der Waals surface area contributed by atoms with E-state index in [1.165, 1.54) is 5.56 Å². The van der Waals surface area contributed by atoms with Crippen LogP contribution in [0.1, 0.15) is 49.7 Å². The molecule has 0 aromatic heterocycles. The van der Waals surface area contributed by atoms with Gasteiger partial charge in [0, 0.05) is 31.1 Å². The van der Waals surface area contributed by atoms with E-state index in [1.807, 2.05) is 29.2 Å². The lowest BCUT2D eigenvalue weighted by Crippen LogP contribution is -2.36. The number of benzene rings is 2. The first-order valence-corrected chi connectivity index (χ1v) is 13.1. The molecule has 8 heteroatoms. The molecule has 1 N–H and O–H groups in total. The zero-order valence-electron chi connectivity index (χ0n) is 19.0. The van der Waals surface area contributed by atoms with E-state index in [9.17, 15) is 13.2 Å². The molecule has 0 radical (unpaired) electrons. The summed E-state index contributed by atoms with van der Waals surface area (Å²) in [5, 5.41) is 0. The number of unbranched alkanes of at least 4 members (excludes halogenated alkanes) is 2. The molecule has 4 rings (SSSR count). The number of carbonyl (C=O) groups excluding carboxylic acids is 1. The highest BCUT2D eigenvalue weighted by Gasteiger charge is 2.30. The van der Waals surface area contributed by atoms with Gasteiger partial charge in [-0.1, -0.05) is 30.7 Å². The molecule has 1 atom stereocenters. The van der Waals surface area contributed by atoms with Crippen LogP contribution >= 0.6 is 0 Å². The maximum absolute atomic E-state index is 12.8. The second-order valence-corrected chi connectivity index (χ2v) is 10.2. The van der Waals surface area contributed by atoms with Crippen molar-refractivity contribution >= 4 is 21.8 Å². The summed E-state index contributed by atoms with van der Waals surface area (Å²) in [7, 11) is -1.82. The first-order chi connectivity index (χ1) is 16.0. The zero-order valence-corrected chi connectivity index (χ0v) is 19.8. The molecule has 1 fully saturated rings. The fourth-order valence-corrected chi connectivity index (χ4v) is 5.85. The number of rotatable bonds is 9. The van der Waals surface area contributed by atoms with Gasteiger partial charge in [-0.15, -0.1) is 0 Å². The van der Waals surface area contributed by atoms with Crippen molar-refractivity contribution in [2.45, 2.75) is 55.9 Å². The Bertz CT molecular complexity index is 1130. The standard InChI is InChI=1S/C25H31N3O4S/c1-32-21-11-7-9-19(18-21)17-20-10-8-16-28(20)24(29)14-3-2-6-15-26-25-22-12-4-5-13-23(22)33(30,31)27-25/h4-5,7,9,11-13,18,20H,2-3,6,8,10,14-17H2,1H3,(H,26,27). The molecule has 2 aromatic carbocycles. The summed E-state index contributed by atoms with van der Waals surface area (Å²) in [6, 6.07) is 15.2. The van der Waals surface area contributed by atoms with Crippen LogP contribution in [0.2, 0.25) is 0 Å². The quantitative estimate of drug-likeness (QED) is 0.569. The van der Waals surface area contributed by atoms with Crippen LogP contribution in [0, 0.1) is 0 Å². The predicted octanol–water partition coefficient (Wildman–Crippen LogP) is 3.53. The van der Waals surface area contributed by atoms with Crippen molar-refractivity contribution in [3.8, 4) is 5.75 Å². The number of hydrogen-bond donors (Lipinski definition) is 1. The SMILES string of the molecule is COc1cccc(CC2CCCN2C(=O)CCCCCN=C2NS(=O)(=O)c3ccccc32)c1. The van der Waals surface area contributed by atoms with E-state index in [2.05, 4.69) is 15.8 Å². The predicted molar refractivity (Wildman–Crippen MR) is 128 cm³/mol. The summed E-state index contributed by atoms with van der Waals surface area (Å²) in [4.78, 5) is 19.6. The molecule has 33 heavy (non-hydrogen) atoms. The molecule has 2 aliphatic rings. The van der Waals surface area contributed by atoms with Crippen molar-refractivity contribution in [1.82, 2.24) is 9.62 Å². The average molecular weight is 470 g/mol. The third-order valence-electron chi connectivity index (χ3n) is 6.28. The summed E-state index contributed by atoms with van der Waals surface area (Å²) < 4.78 is 32.1. The molecule has 0 spiro atoms. The first-order valence-electron chi connectivity index (χ1n) is 11.6. The van der Waals surface area contributed by atoms with Gasteiger partial charge in [-0.05, 0) is 61.9 Å². The van der Waals surface area contributed by atoms with Gasteiger partial charge < -0.3 is 9.64 Å². The maximum atomic E-state index is 12.8. The van der Waals surface area contributed by atoms with E-state index in [0.29, 0.717) is 24.4 Å². The summed E-state index contributed by atoms with van der Waals surface area (Å²) in [5.74, 6) is 1.49. The minimum atomic E-state index is -3.49. The van der Waals surface area contributed by atoms with E-state index in [0.717, 1.165) is 50.8 Å². The third kappa shape index (κ3) is 5.55. The van der Waals surface area contributed by atoms with Crippen molar-refractivity contribution < 1.29 is 17.9 Å². The van der Waals surface area contributed by atoms with E-state index >= 15 is 0 Å². The summed E-state index contributed by atoms with van der Waals surface area (Å²) >= 11 is 0. The molecular weight excluding hydrogens is 438 g/mol. The molecule has 7 nitrogen and oxygen atoms in total. The normalized spacial score (nSPS) is 20.0. The van der Waals surface area contributed by atoms with Gasteiger partial charge >= 0.3 is 0 Å². The van der Waals surface area contributed by atoms with Crippen molar-refractivity contribution in [3.63, 3.8) is 0 Å². The number of ether oxygens (including phenoxy) is 1. The number of fused-ring (bicyclic) bond motifs is 1. The Morgan fingerprint density at radius 2 is 2.00 bits per heavy atom. The molecule has 1 amide bonds. The van der Waals surface area contributed by atoms with Gasteiger partial charge in [-0.2, -0.15) is 0 Å². The molecule has 2 aliphatic heterocycles. The lowest BCUT2D eigenvalue weighted by atomic mass is 10.0. The van der Waals surface area contributed by atoms with Gasteiger partial charge in [0.05, 0.1) is 12.0 Å². The molecule has 2 aromatic rings. The largest absolute Gasteiger partial charge is 0.497 e. The summed E-state index contributed by atoms with van der Waals surface area (Å²) in [6.07, 6.45) is 6.00. The maximum Gasteiger partial charge on any atom is 0.263 e. The van der Waals surface area contributed by atoms with Gasteiger partial charge in [0.1, 0.15) is 11.6 Å². The lowest BCUT2D eigenvalue weighted by molar-refractivity contribution is -0.132. The van der Waals surface area contributed by atoms with Crippen LogP contribution in [-0.4, -0.2) is 51.3 Å². The Kier molecular flexibility index (Phi) is 7.33. The van der Waals surface area contributed by atoms with Gasteiger partial charge in [-0.25, -0.2) is 8.42 Å². The number of nitrogens with zero attached hydrogens (tertiary/aromatic N) is 2. The summed E-state index contributed by atoms with van der Waals surface area (Å²) in [5.41, 5.74) is 1.83. The molecule has 0 bridgehead atoms. The van der Waals surface area contributed by atoms with E-state index in [4.69, 9.17) is 4.74 Å². The van der Waals surface area contributed by atoms with Crippen LogP contribution < -0.4 is 9.46 Å². The number of likely N-dealkylation sites (tertiary alicyclic amines) is 1. The number of carbonyl (C=O) groups is 1. The van der Waals surface area contributed by atoms with Gasteiger partial charge in [0.15, 0.2) is 0 Å². The lowest BCUT2D eigenvalue weighted by Gasteiger charge is -2.25. The van der Waals surface area contributed by atoms with Crippen LogP contribution in [0.4, 0.5) is 0 Å². The fourth-order valence-electron chi connectivity index (χ4n) is 4.60. The van der Waals surface area contributed by atoms with Crippen molar-refractivity contribution in [3.05, 3.63) is 59.7 Å². The second kappa shape index (κ2) is 10.4. The minimum Gasteiger partial charge on any atom is -0.497 e. The van der Waals surface area contributed by atoms with Gasteiger partial charge in [0.25, 0.3) is 10.0 Å². The van der Waals surface area contributed by atoms with E-state index < -0.39 is 10.0 Å². The molecule has 0 saturated carbocycles. The van der Waals surface area contributed by atoms with Crippen LogP contribution in [-0.2, 0) is 21.2 Å². The molecule has 2 heterocycles. The Hall–Kier alpha value is -2.87. The topological polar surface area (TPSA) is 88.1 Å².